The van der Waals surface area contributed by atoms with E-state index in [1.807, 2.05) is 18.3 Å². The second-order valence-corrected chi connectivity index (χ2v) is 5.75. The third-order valence-corrected chi connectivity index (χ3v) is 4.16. The zero-order valence-corrected chi connectivity index (χ0v) is 11.9. The second kappa shape index (κ2) is 5.37. The smallest absolute Gasteiger partial charge is 0.0655 e. The average molecular weight is 248 g/mol. The summed E-state index contributed by atoms with van der Waals surface area (Å²) in [6.07, 6.45) is 3.39. The molecule has 1 aliphatic rings. The fraction of sp³-hybridized carbons (Fsp3) is 0.667. The molecule has 1 fully saturated rings. The molecule has 0 radical (unpaired) electrons. The van der Waals surface area contributed by atoms with Gasteiger partial charge < -0.3 is 4.74 Å². The maximum atomic E-state index is 5.78. The first-order valence-corrected chi connectivity index (χ1v) is 6.77. The second-order valence-electron chi connectivity index (χ2n) is 5.75. The van der Waals surface area contributed by atoms with Crippen LogP contribution in [0, 0.1) is 5.41 Å². The van der Waals surface area contributed by atoms with Gasteiger partial charge in [-0.05, 0) is 32.5 Å². The van der Waals surface area contributed by atoms with Crippen LogP contribution in [0.25, 0.3) is 0 Å². The first kappa shape index (κ1) is 13.5. The highest BCUT2D eigenvalue weighted by Gasteiger charge is 2.50. The zero-order valence-electron chi connectivity index (χ0n) is 11.9. The number of hydrogen-bond acceptors (Lipinski definition) is 3. The van der Waals surface area contributed by atoms with Crippen LogP contribution in [-0.4, -0.2) is 35.7 Å². The van der Waals surface area contributed by atoms with Crippen molar-refractivity contribution < 1.29 is 4.74 Å². The lowest BCUT2D eigenvalue weighted by atomic mass is 9.64. The van der Waals surface area contributed by atoms with Gasteiger partial charge in [0, 0.05) is 30.8 Å². The summed E-state index contributed by atoms with van der Waals surface area (Å²) in [6.45, 7) is 8.40. The third-order valence-electron chi connectivity index (χ3n) is 4.16. The van der Waals surface area contributed by atoms with Crippen LogP contribution in [0.2, 0.25) is 0 Å². The molecule has 0 bridgehead atoms. The van der Waals surface area contributed by atoms with E-state index < -0.39 is 0 Å². The molecule has 1 saturated carbocycles. The lowest BCUT2D eigenvalue weighted by Gasteiger charge is -2.55. The van der Waals surface area contributed by atoms with Gasteiger partial charge in [0.25, 0.3) is 0 Å². The van der Waals surface area contributed by atoms with E-state index in [0.717, 1.165) is 25.3 Å². The molecule has 2 rings (SSSR count). The molecule has 0 amide bonds. The van der Waals surface area contributed by atoms with E-state index in [1.54, 1.807) is 0 Å². The summed E-state index contributed by atoms with van der Waals surface area (Å²) in [6, 6.07) is 6.67. The molecule has 3 nitrogen and oxygen atoms in total. The number of hydrogen-bond donors (Lipinski definition) is 0. The molecule has 3 heteroatoms. The lowest BCUT2D eigenvalue weighted by Crippen LogP contribution is -2.61. The Labute approximate surface area is 110 Å². The molecular weight excluding hydrogens is 224 g/mol. The predicted octanol–water partition coefficient (Wildman–Crippen LogP) is 2.72. The molecule has 1 aliphatic carbocycles. The van der Waals surface area contributed by atoms with E-state index in [-0.39, 0.29) is 5.41 Å². The quantitative estimate of drug-likeness (QED) is 0.801. The average Bonchev–Trinajstić information content (AvgIpc) is 2.35. The molecule has 0 spiro atoms. The molecule has 1 aromatic rings. The van der Waals surface area contributed by atoms with Crippen LogP contribution in [0.1, 0.15) is 32.9 Å². The van der Waals surface area contributed by atoms with E-state index in [0.29, 0.717) is 12.1 Å². The first-order chi connectivity index (χ1) is 8.55. The van der Waals surface area contributed by atoms with Crippen LogP contribution >= 0.6 is 0 Å². The molecule has 18 heavy (non-hydrogen) atoms. The SMILES string of the molecule is CCO[C@@H]1C[C@H](N(C)Cc2ccccn2)C1(C)C. The van der Waals surface area contributed by atoms with Crippen molar-refractivity contribution in [1.82, 2.24) is 9.88 Å². The van der Waals surface area contributed by atoms with Gasteiger partial charge in [0.1, 0.15) is 0 Å². The number of pyridine rings is 1. The summed E-state index contributed by atoms with van der Waals surface area (Å²) < 4.78 is 5.78. The fourth-order valence-corrected chi connectivity index (χ4v) is 2.95. The molecule has 0 N–H and O–H groups in total. The van der Waals surface area contributed by atoms with Crippen LogP contribution in [-0.2, 0) is 11.3 Å². The highest BCUT2D eigenvalue weighted by atomic mass is 16.5. The summed E-state index contributed by atoms with van der Waals surface area (Å²) in [5.74, 6) is 0. The van der Waals surface area contributed by atoms with Gasteiger partial charge >= 0.3 is 0 Å². The lowest BCUT2D eigenvalue weighted by molar-refractivity contribution is -0.146. The molecule has 0 aliphatic heterocycles. The molecule has 1 heterocycles. The normalized spacial score (nSPS) is 26.1. The van der Waals surface area contributed by atoms with Crippen molar-refractivity contribution in [1.29, 1.82) is 0 Å². The molecule has 1 aromatic heterocycles. The van der Waals surface area contributed by atoms with Crippen LogP contribution < -0.4 is 0 Å². The minimum atomic E-state index is 0.236. The monoisotopic (exact) mass is 248 g/mol. The number of ether oxygens (including phenoxy) is 1. The standard InChI is InChI=1S/C15H24N2O/c1-5-18-14-10-13(15(14,2)3)17(4)11-12-8-6-7-9-16-12/h6-9,13-14H,5,10-11H2,1-4H3/t13-,14+/m0/s1. The fourth-order valence-electron chi connectivity index (χ4n) is 2.95. The van der Waals surface area contributed by atoms with Gasteiger partial charge in [0.15, 0.2) is 0 Å². The van der Waals surface area contributed by atoms with Crippen molar-refractivity contribution in [2.24, 2.45) is 5.41 Å². The van der Waals surface area contributed by atoms with Gasteiger partial charge in [-0.3, -0.25) is 9.88 Å². The molecule has 100 valence electrons. The Morgan fingerprint density at radius 1 is 1.44 bits per heavy atom. The zero-order chi connectivity index (χ0) is 13.2. The van der Waals surface area contributed by atoms with Gasteiger partial charge in [-0.15, -0.1) is 0 Å². The molecule has 2 atom stereocenters. The van der Waals surface area contributed by atoms with Crippen molar-refractivity contribution in [3.8, 4) is 0 Å². The summed E-state index contributed by atoms with van der Waals surface area (Å²) in [7, 11) is 2.18. The topological polar surface area (TPSA) is 25.4 Å². The number of rotatable bonds is 5. The predicted molar refractivity (Wildman–Crippen MR) is 73.3 cm³/mol. The third kappa shape index (κ3) is 2.57. The Kier molecular flexibility index (Phi) is 4.03. The largest absolute Gasteiger partial charge is 0.378 e. The molecular formula is C15H24N2O. The highest BCUT2D eigenvalue weighted by Crippen LogP contribution is 2.45. The van der Waals surface area contributed by atoms with Gasteiger partial charge in [0.2, 0.25) is 0 Å². The molecule has 0 saturated heterocycles. The number of aromatic nitrogens is 1. The summed E-state index contributed by atoms with van der Waals surface area (Å²) in [5, 5.41) is 0. The minimum Gasteiger partial charge on any atom is -0.378 e. The summed E-state index contributed by atoms with van der Waals surface area (Å²) >= 11 is 0. The van der Waals surface area contributed by atoms with Crippen molar-refractivity contribution in [3.05, 3.63) is 30.1 Å². The van der Waals surface area contributed by atoms with Crippen molar-refractivity contribution in [2.75, 3.05) is 13.7 Å². The summed E-state index contributed by atoms with van der Waals surface area (Å²) in [4.78, 5) is 6.79. The van der Waals surface area contributed by atoms with Crippen LogP contribution in [0.4, 0.5) is 0 Å². The van der Waals surface area contributed by atoms with Gasteiger partial charge in [-0.1, -0.05) is 19.9 Å². The Morgan fingerprint density at radius 3 is 2.78 bits per heavy atom. The van der Waals surface area contributed by atoms with E-state index in [2.05, 4.69) is 43.8 Å². The van der Waals surface area contributed by atoms with E-state index >= 15 is 0 Å². The van der Waals surface area contributed by atoms with Crippen LogP contribution in [0.5, 0.6) is 0 Å². The Morgan fingerprint density at radius 2 is 2.22 bits per heavy atom. The van der Waals surface area contributed by atoms with Gasteiger partial charge in [-0.2, -0.15) is 0 Å². The summed E-state index contributed by atoms with van der Waals surface area (Å²) in [5.41, 5.74) is 1.37. The Balaban J connectivity index is 1.93. The van der Waals surface area contributed by atoms with Crippen LogP contribution in [0.15, 0.2) is 24.4 Å². The van der Waals surface area contributed by atoms with Crippen molar-refractivity contribution in [3.63, 3.8) is 0 Å². The maximum Gasteiger partial charge on any atom is 0.0655 e. The first-order valence-electron chi connectivity index (χ1n) is 6.77. The van der Waals surface area contributed by atoms with Crippen LogP contribution in [0.3, 0.4) is 0 Å². The molecule has 0 unspecified atom stereocenters. The number of nitrogens with zero attached hydrogens (tertiary/aromatic N) is 2. The Hall–Kier alpha value is -0.930. The van der Waals surface area contributed by atoms with Crippen molar-refractivity contribution in [2.45, 2.75) is 45.9 Å². The minimum absolute atomic E-state index is 0.236. The van der Waals surface area contributed by atoms with Gasteiger partial charge in [0.05, 0.1) is 11.8 Å². The van der Waals surface area contributed by atoms with E-state index in [9.17, 15) is 0 Å². The van der Waals surface area contributed by atoms with E-state index in [4.69, 9.17) is 4.74 Å². The highest BCUT2D eigenvalue weighted by molar-refractivity contribution is 5.07. The van der Waals surface area contributed by atoms with Gasteiger partial charge in [-0.25, -0.2) is 0 Å². The maximum absolute atomic E-state index is 5.78. The molecule has 0 aromatic carbocycles. The Bertz CT molecular complexity index is 377. The van der Waals surface area contributed by atoms with Crippen molar-refractivity contribution >= 4 is 0 Å². The van der Waals surface area contributed by atoms with E-state index in [1.165, 1.54) is 0 Å².